The van der Waals surface area contributed by atoms with Crippen LogP contribution in [-0.4, -0.2) is 34.1 Å². The molecule has 0 fully saturated rings. The topological polar surface area (TPSA) is 69.6 Å². The lowest BCUT2D eigenvalue weighted by Gasteiger charge is -2.34. The van der Waals surface area contributed by atoms with E-state index < -0.39 is 23.4 Å². The summed E-state index contributed by atoms with van der Waals surface area (Å²) in [6, 6.07) is 3.45. The summed E-state index contributed by atoms with van der Waals surface area (Å²) < 4.78 is 14.2. The summed E-state index contributed by atoms with van der Waals surface area (Å²) in [5.41, 5.74) is -1.40. The number of carbonyl (C=O) groups excluding carboxylic acids is 1. The molecule has 0 aliphatic heterocycles. The van der Waals surface area contributed by atoms with Gasteiger partial charge in [0.05, 0.1) is 5.69 Å². The molecule has 7 heteroatoms. The number of nitrogens with zero attached hydrogens (tertiary/aromatic N) is 1. The molecular formula is C13H16BrFN2O3. The van der Waals surface area contributed by atoms with Gasteiger partial charge in [-0.15, -0.1) is 0 Å². The van der Waals surface area contributed by atoms with E-state index in [1.807, 2.05) is 0 Å². The molecule has 0 heterocycles. The monoisotopic (exact) mass is 346 g/mol. The van der Waals surface area contributed by atoms with Gasteiger partial charge in [0.25, 0.3) is 0 Å². The van der Waals surface area contributed by atoms with E-state index in [1.165, 1.54) is 32.0 Å². The molecule has 0 aliphatic rings. The lowest BCUT2D eigenvalue weighted by molar-refractivity contribution is -0.147. The van der Waals surface area contributed by atoms with Crippen molar-refractivity contribution in [3.63, 3.8) is 0 Å². The highest BCUT2D eigenvalue weighted by Crippen LogP contribution is 2.22. The van der Waals surface area contributed by atoms with Crippen LogP contribution >= 0.6 is 15.9 Å². The van der Waals surface area contributed by atoms with E-state index in [-0.39, 0.29) is 12.2 Å². The van der Waals surface area contributed by atoms with Gasteiger partial charge >= 0.3 is 12.0 Å². The van der Waals surface area contributed by atoms with E-state index in [4.69, 9.17) is 5.11 Å². The zero-order valence-corrected chi connectivity index (χ0v) is 13.0. The molecule has 0 unspecified atom stereocenters. The number of aliphatic carboxylic acids is 1. The molecule has 0 saturated heterocycles. The Morgan fingerprint density at radius 2 is 2.05 bits per heavy atom. The highest BCUT2D eigenvalue weighted by Gasteiger charge is 2.37. The SMILES string of the molecule is CCN(C(=O)Nc1cc(Br)ccc1F)C(C)(C)C(=O)O. The lowest BCUT2D eigenvalue weighted by Crippen LogP contribution is -2.54. The van der Waals surface area contributed by atoms with E-state index in [9.17, 15) is 14.0 Å². The molecule has 2 amide bonds. The van der Waals surface area contributed by atoms with Crippen molar-refractivity contribution in [2.24, 2.45) is 0 Å². The average Bonchev–Trinajstić information content (AvgIpc) is 2.34. The number of halogens is 2. The van der Waals surface area contributed by atoms with Gasteiger partial charge in [0.15, 0.2) is 0 Å². The van der Waals surface area contributed by atoms with Gasteiger partial charge in [-0.05, 0) is 39.0 Å². The van der Waals surface area contributed by atoms with Crippen molar-refractivity contribution in [1.29, 1.82) is 0 Å². The lowest BCUT2D eigenvalue weighted by atomic mass is 10.0. The minimum Gasteiger partial charge on any atom is -0.480 e. The van der Waals surface area contributed by atoms with Crippen LogP contribution in [0, 0.1) is 5.82 Å². The Morgan fingerprint density at radius 3 is 2.55 bits per heavy atom. The average molecular weight is 347 g/mol. The smallest absolute Gasteiger partial charge is 0.329 e. The third-order valence-electron chi connectivity index (χ3n) is 2.93. The summed E-state index contributed by atoms with van der Waals surface area (Å²) in [4.78, 5) is 24.4. The normalized spacial score (nSPS) is 11.1. The van der Waals surface area contributed by atoms with Crippen LogP contribution in [0.2, 0.25) is 0 Å². The molecular weight excluding hydrogens is 331 g/mol. The fourth-order valence-corrected chi connectivity index (χ4v) is 2.05. The number of carbonyl (C=O) groups is 2. The second-order valence-corrected chi connectivity index (χ2v) is 5.58. The Morgan fingerprint density at radius 1 is 1.45 bits per heavy atom. The predicted octanol–water partition coefficient (Wildman–Crippen LogP) is 3.31. The minimum absolute atomic E-state index is 0.0102. The van der Waals surface area contributed by atoms with E-state index in [1.54, 1.807) is 6.92 Å². The first-order chi connectivity index (χ1) is 9.20. The highest BCUT2D eigenvalue weighted by atomic mass is 79.9. The third-order valence-corrected chi connectivity index (χ3v) is 3.42. The Hall–Kier alpha value is -1.63. The molecule has 0 aromatic heterocycles. The van der Waals surface area contributed by atoms with Crippen molar-refractivity contribution in [1.82, 2.24) is 4.90 Å². The number of likely N-dealkylation sites (N-methyl/N-ethyl adjacent to an activating group) is 1. The van der Waals surface area contributed by atoms with Crippen LogP contribution in [0.3, 0.4) is 0 Å². The van der Waals surface area contributed by atoms with Crippen molar-refractivity contribution in [3.05, 3.63) is 28.5 Å². The molecule has 110 valence electrons. The standard InChI is InChI=1S/C13H16BrFN2O3/c1-4-17(13(2,3)11(18)19)12(20)16-10-7-8(14)5-6-9(10)15/h5-7H,4H2,1-3H3,(H,16,20)(H,18,19). The molecule has 0 bridgehead atoms. The molecule has 0 spiro atoms. The molecule has 1 rings (SSSR count). The summed E-state index contributed by atoms with van der Waals surface area (Å²) in [5, 5.41) is 11.5. The first-order valence-electron chi connectivity index (χ1n) is 5.97. The Balaban J connectivity index is 2.99. The van der Waals surface area contributed by atoms with Gasteiger partial charge in [0, 0.05) is 11.0 Å². The quantitative estimate of drug-likeness (QED) is 0.878. The fraction of sp³-hybridized carbons (Fsp3) is 0.385. The fourth-order valence-electron chi connectivity index (χ4n) is 1.68. The maximum Gasteiger partial charge on any atom is 0.329 e. The molecule has 5 nitrogen and oxygen atoms in total. The van der Waals surface area contributed by atoms with Crippen LogP contribution in [0.25, 0.3) is 0 Å². The van der Waals surface area contributed by atoms with Crippen molar-refractivity contribution in [2.75, 3.05) is 11.9 Å². The number of hydrogen-bond acceptors (Lipinski definition) is 2. The van der Waals surface area contributed by atoms with Gasteiger partial charge in [-0.25, -0.2) is 14.0 Å². The number of benzene rings is 1. The highest BCUT2D eigenvalue weighted by molar-refractivity contribution is 9.10. The number of hydrogen-bond donors (Lipinski definition) is 2. The maximum atomic E-state index is 13.6. The van der Waals surface area contributed by atoms with Crippen molar-refractivity contribution in [3.8, 4) is 0 Å². The first kappa shape index (κ1) is 16.4. The predicted molar refractivity (Wildman–Crippen MR) is 77.2 cm³/mol. The van der Waals surface area contributed by atoms with Crippen LogP contribution in [0.5, 0.6) is 0 Å². The molecule has 1 aromatic rings. The largest absolute Gasteiger partial charge is 0.480 e. The number of carboxylic acids is 1. The molecule has 0 aliphatic carbocycles. The summed E-state index contributed by atoms with van der Waals surface area (Å²) in [6.07, 6.45) is 0. The molecule has 0 radical (unpaired) electrons. The second kappa shape index (κ2) is 6.21. The number of amides is 2. The zero-order valence-electron chi connectivity index (χ0n) is 11.4. The molecule has 0 atom stereocenters. The van der Waals surface area contributed by atoms with Gasteiger partial charge in [0.1, 0.15) is 11.4 Å². The van der Waals surface area contributed by atoms with E-state index in [2.05, 4.69) is 21.2 Å². The number of carboxylic acid groups (broad SMARTS) is 1. The maximum absolute atomic E-state index is 13.6. The van der Waals surface area contributed by atoms with E-state index >= 15 is 0 Å². The number of anilines is 1. The van der Waals surface area contributed by atoms with Crippen molar-refractivity contribution >= 4 is 33.6 Å². The summed E-state index contributed by atoms with van der Waals surface area (Å²) in [7, 11) is 0. The van der Waals surface area contributed by atoms with Crippen LogP contribution < -0.4 is 5.32 Å². The molecule has 0 saturated carbocycles. The molecule has 1 aromatic carbocycles. The number of rotatable bonds is 4. The number of urea groups is 1. The Kier molecular flexibility index (Phi) is 5.10. The van der Waals surface area contributed by atoms with Crippen LogP contribution in [0.15, 0.2) is 22.7 Å². The van der Waals surface area contributed by atoms with Crippen molar-refractivity contribution in [2.45, 2.75) is 26.3 Å². The van der Waals surface area contributed by atoms with Gasteiger partial charge in [-0.2, -0.15) is 0 Å². The summed E-state index contributed by atoms with van der Waals surface area (Å²) in [5.74, 6) is -1.73. The number of nitrogens with one attached hydrogen (secondary N) is 1. The van der Waals surface area contributed by atoms with Crippen LogP contribution in [0.1, 0.15) is 20.8 Å². The zero-order chi connectivity index (χ0) is 15.5. The van der Waals surface area contributed by atoms with Gasteiger partial charge < -0.3 is 15.3 Å². The molecule has 2 N–H and O–H groups in total. The van der Waals surface area contributed by atoms with Crippen LogP contribution in [-0.2, 0) is 4.79 Å². The summed E-state index contributed by atoms with van der Waals surface area (Å²) in [6.45, 7) is 4.66. The minimum atomic E-state index is -1.39. The first-order valence-corrected chi connectivity index (χ1v) is 6.76. The Labute approximate surface area is 124 Å². The van der Waals surface area contributed by atoms with Gasteiger partial charge in [-0.1, -0.05) is 15.9 Å². The third kappa shape index (κ3) is 3.47. The summed E-state index contributed by atoms with van der Waals surface area (Å²) >= 11 is 3.18. The van der Waals surface area contributed by atoms with Gasteiger partial charge in [0.2, 0.25) is 0 Å². The van der Waals surface area contributed by atoms with Crippen molar-refractivity contribution < 1.29 is 19.1 Å². The second-order valence-electron chi connectivity index (χ2n) is 4.66. The Bertz CT molecular complexity index is 534. The van der Waals surface area contributed by atoms with E-state index in [0.29, 0.717) is 4.47 Å². The van der Waals surface area contributed by atoms with Crippen LogP contribution in [0.4, 0.5) is 14.9 Å². The van der Waals surface area contributed by atoms with E-state index in [0.717, 1.165) is 4.90 Å². The van der Waals surface area contributed by atoms with Gasteiger partial charge in [-0.3, -0.25) is 0 Å². The molecule has 20 heavy (non-hydrogen) atoms.